The fourth-order valence-electron chi connectivity index (χ4n) is 1.53. The SMILES string of the molecule is CN(C)c1ccc(C(=O)Nc2nncn2C)c(F)c1. The molecule has 0 fully saturated rings. The Kier molecular flexibility index (Phi) is 3.46. The number of halogens is 1. The molecule has 0 radical (unpaired) electrons. The Balaban J connectivity index is 2.22. The van der Waals surface area contributed by atoms with Crippen LogP contribution in [0.1, 0.15) is 10.4 Å². The topological polar surface area (TPSA) is 63.1 Å². The molecule has 0 aliphatic heterocycles. The molecular formula is C12H14FN5O. The summed E-state index contributed by atoms with van der Waals surface area (Å²) in [4.78, 5) is 13.7. The zero-order valence-corrected chi connectivity index (χ0v) is 10.9. The van der Waals surface area contributed by atoms with Gasteiger partial charge >= 0.3 is 0 Å². The highest BCUT2D eigenvalue weighted by atomic mass is 19.1. The number of nitrogens with one attached hydrogen (secondary N) is 1. The molecule has 1 heterocycles. The molecule has 0 unspecified atom stereocenters. The smallest absolute Gasteiger partial charge is 0.260 e. The first kappa shape index (κ1) is 13.0. The van der Waals surface area contributed by atoms with E-state index >= 15 is 0 Å². The number of nitrogens with zero attached hydrogens (tertiary/aromatic N) is 4. The average Bonchev–Trinajstić information content (AvgIpc) is 2.74. The lowest BCUT2D eigenvalue weighted by Gasteiger charge is -2.13. The molecule has 0 atom stereocenters. The van der Waals surface area contributed by atoms with Gasteiger partial charge in [-0.05, 0) is 18.2 Å². The number of amides is 1. The Labute approximate surface area is 109 Å². The summed E-state index contributed by atoms with van der Waals surface area (Å²) in [5.74, 6) is -0.870. The lowest BCUT2D eigenvalue weighted by molar-refractivity contribution is 0.102. The quantitative estimate of drug-likeness (QED) is 0.906. The van der Waals surface area contributed by atoms with E-state index in [1.165, 1.54) is 23.0 Å². The van der Waals surface area contributed by atoms with Crippen LogP contribution in [0.4, 0.5) is 16.0 Å². The average molecular weight is 263 g/mol. The normalized spacial score (nSPS) is 10.3. The van der Waals surface area contributed by atoms with E-state index in [2.05, 4.69) is 15.5 Å². The minimum absolute atomic E-state index is 0.0337. The van der Waals surface area contributed by atoms with Gasteiger partial charge in [0.05, 0.1) is 5.56 Å². The first-order chi connectivity index (χ1) is 8.99. The third kappa shape index (κ3) is 2.70. The van der Waals surface area contributed by atoms with Crippen molar-refractivity contribution in [1.82, 2.24) is 14.8 Å². The summed E-state index contributed by atoms with van der Waals surface area (Å²) in [6.45, 7) is 0. The van der Waals surface area contributed by atoms with E-state index in [1.807, 2.05) is 0 Å². The second-order valence-electron chi connectivity index (χ2n) is 4.28. The lowest BCUT2D eigenvalue weighted by Crippen LogP contribution is -2.17. The van der Waals surface area contributed by atoms with Gasteiger partial charge in [-0.1, -0.05) is 0 Å². The number of aryl methyl sites for hydroxylation is 1. The zero-order chi connectivity index (χ0) is 14.0. The summed E-state index contributed by atoms with van der Waals surface area (Å²) < 4.78 is 15.4. The Morgan fingerprint density at radius 1 is 1.42 bits per heavy atom. The van der Waals surface area contributed by atoms with E-state index in [4.69, 9.17) is 0 Å². The maximum atomic E-state index is 13.9. The third-order valence-corrected chi connectivity index (χ3v) is 2.65. The Morgan fingerprint density at radius 3 is 2.68 bits per heavy atom. The first-order valence-electron chi connectivity index (χ1n) is 5.61. The number of aromatic nitrogens is 3. The second kappa shape index (κ2) is 5.05. The van der Waals surface area contributed by atoms with Crippen LogP contribution < -0.4 is 10.2 Å². The van der Waals surface area contributed by atoms with Crippen LogP contribution in [-0.2, 0) is 7.05 Å². The second-order valence-corrected chi connectivity index (χ2v) is 4.28. The van der Waals surface area contributed by atoms with Crippen molar-refractivity contribution in [3.63, 3.8) is 0 Å². The van der Waals surface area contributed by atoms with Crippen LogP contribution in [0, 0.1) is 5.82 Å². The molecule has 1 aromatic carbocycles. The summed E-state index contributed by atoms with van der Waals surface area (Å²) in [6, 6.07) is 4.43. The number of carbonyl (C=O) groups is 1. The van der Waals surface area contributed by atoms with Gasteiger partial charge in [0, 0.05) is 26.8 Å². The molecule has 1 amide bonds. The van der Waals surface area contributed by atoms with Gasteiger partial charge in [-0.3, -0.25) is 10.1 Å². The largest absolute Gasteiger partial charge is 0.378 e. The summed E-state index contributed by atoms with van der Waals surface area (Å²) >= 11 is 0. The monoisotopic (exact) mass is 263 g/mol. The minimum atomic E-state index is -0.578. The van der Waals surface area contributed by atoms with E-state index in [9.17, 15) is 9.18 Å². The summed E-state index contributed by atoms with van der Waals surface area (Å²) in [5.41, 5.74) is 0.654. The maximum absolute atomic E-state index is 13.9. The van der Waals surface area contributed by atoms with Crippen molar-refractivity contribution in [2.24, 2.45) is 7.05 Å². The molecular weight excluding hydrogens is 249 g/mol. The number of hydrogen-bond donors (Lipinski definition) is 1. The number of rotatable bonds is 3. The molecule has 1 N–H and O–H groups in total. The number of benzene rings is 1. The summed E-state index contributed by atoms with van der Waals surface area (Å²) in [5, 5.41) is 9.83. The third-order valence-electron chi connectivity index (χ3n) is 2.65. The van der Waals surface area contributed by atoms with Gasteiger partial charge in [0.25, 0.3) is 5.91 Å². The van der Waals surface area contributed by atoms with Crippen LogP contribution in [0.3, 0.4) is 0 Å². The molecule has 2 aromatic rings. The molecule has 0 saturated carbocycles. The van der Waals surface area contributed by atoms with E-state index in [1.54, 1.807) is 32.1 Å². The molecule has 0 aliphatic rings. The standard InChI is InChI=1S/C12H14FN5O/c1-17(2)8-4-5-9(10(13)6-8)11(19)15-12-16-14-7-18(12)3/h4-7H,1-3H3,(H,15,16,19). The number of hydrogen-bond acceptors (Lipinski definition) is 4. The van der Waals surface area contributed by atoms with Crippen molar-refractivity contribution in [3.05, 3.63) is 35.9 Å². The highest BCUT2D eigenvalue weighted by Gasteiger charge is 2.14. The van der Waals surface area contributed by atoms with Gasteiger partial charge in [0.2, 0.25) is 5.95 Å². The molecule has 7 heteroatoms. The minimum Gasteiger partial charge on any atom is -0.378 e. The van der Waals surface area contributed by atoms with Gasteiger partial charge in [-0.25, -0.2) is 4.39 Å². The lowest BCUT2D eigenvalue weighted by atomic mass is 10.1. The molecule has 19 heavy (non-hydrogen) atoms. The van der Waals surface area contributed by atoms with Crippen molar-refractivity contribution in [1.29, 1.82) is 0 Å². The fraction of sp³-hybridized carbons (Fsp3) is 0.250. The molecule has 6 nitrogen and oxygen atoms in total. The van der Waals surface area contributed by atoms with Crippen molar-refractivity contribution in [2.75, 3.05) is 24.3 Å². The van der Waals surface area contributed by atoms with E-state index in [-0.39, 0.29) is 11.5 Å². The predicted octanol–water partition coefficient (Wildman–Crippen LogP) is 1.27. The molecule has 0 aliphatic carbocycles. The number of carbonyl (C=O) groups excluding carboxylic acids is 1. The van der Waals surface area contributed by atoms with Gasteiger partial charge in [0.15, 0.2) is 0 Å². The molecule has 0 saturated heterocycles. The Bertz CT molecular complexity index is 608. The van der Waals surface area contributed by atoms with Crippen molar-refractivity contribution in [3.8, 4) is 0 Å². The fourth-order valence-corrected chi connectivity index (χ4v) is 1.53. The summed E-state index contributed by atoms with van der Waals surface area (Å²) in [6.07, 6.45) is 1.45. The van der Waals surface area contributed by atoms with Gasteiger partial charge < -0.3 is 9.47 Å². The van der Waals surface area contributed by atoms with Crippen LogP contribution in [0.15, 0.2) is 24.5 Å². The first-order valence-corrected chi connectivity index (χ1v) is 5.61. The van der Waals surface area contributed by atoms with Crippen LogP contribution in [0.2, 0.25) is 0 Å². The molecule has 0 bridgehead atoms. The van der Waals surface area contributed by atoms with Gasteiger partial charge in [0.1, 0.15) is 12.1 Å². The van der Waals surface area contributed by atoms with Crippen LogP contribution >= 0.6 is 0 Å². The van der Waals surface area contributed by atoms with Gasteiger partial charge in [-0.2, -0.15) is 0 Å². The highest BCUT2D eigenvalue weighted by Crippen LogP contribution is 2.17. The molecule has 2 rings (SSSR count). The van der Waals surface area contributed by atoms with Crippen molar-refractivity contribution < 1.29 is 9.18 Å². The van der Waals surface area contributed by atoms with E-state index in [0.717, 1.165) is 0 Å². The Morgan fingerprint density at radius 2 is 2.16 bits per heavy atom. The van der Waals surface area contributed by atoms with E-state index in [0.29, 0.717) is 5.69 Å². The molecule has 100 valence electrons. The maximum Gasteiger partial charge on any atom is 0.260 e. The Hall–Kier alpha value is -2.44. The van der Waals surface area contributed by atoms with Crippen LogP contribution in [0.5, 0.6) is 0 Å². The van der Waals surface area contributed by atoms with E-state index < -0.39 is 11.7 Å². The van der Waals surface area contributed by atoms with Crippen LogP contribution in [-0.4, -0.2) is 34.8 Å². The zero-order valence-electron chi connectivity index (χ0n) is 10.9. The predicted molar refractivity (Wildman–Crippen MR) is 69.7 cm³/mol. The molecule has 0 spiro atoms. The van der Waals surface area contributed by atoms with Crippen molar-refractivity contribution in [2.45, 2.75) is 0 Å². The highest BCUT2D eigenvalue weighted by molar-refractivity contribution is 6.03. The number of anilines is 2. The summed E-state index contributed by atoms with van der Waals surface area (Å²) in [7, 11) is 5.28. The molecule has 1 aromatic heterocycles. The van der Waals surface area contributed by atoms with Crippen LogP contribution in [0.25, 0.3) is 0 Å². The van der Waals surface area contributed by atoms with Gasteiger partial charge in [-0.15, -0.1) is 10.2 Å². The van der Waals surface area contributed by atoms with Crippen molar-refractivity contribution >= 4 is 17.5 Å².